The molecule has 2 amide bonds. The summed E-state index contributed by atoms with van der Waals surface area (Å²) in [6, 6.07) is 54.3. The Morgan fingerprint density at radius 2 is 0.649 bits per heavy atom. The molecule has 1 unspecified atom stereocenters. The molecule has 9 rings (SSSR count). The smallest absolute Gasteiger partial charge is 0.258 e. The van der Waals surface area contributed by atoms with Crippen molar-refractivity contribution >= 4 is 54.9 Å². The molecule has 0 saturated heterocycles. The molecule has 57 heavy (non-hydrogen) atoms. The maximum atomic E-state index is 14.9. The molecule has 0 bridgehead atoms. The first-order chi connectivity index (χ1) is 27.4. The van der Waals surface area contributed by atoms with E-state index in [2.05, 4.69) is 0 Å². The Morgan fingerprint density at radius 1 is 0.404 bits per heavy atom. The Morgan fingerprint density at radius 3 is 0.912 bits per heavy atom. The molecular weight excluding hydrogens is 705 g/mol. The maximum absolute atomic E-state index is 14.9. The van der Waals surface area contributed by atoms with E-state index in [4.69, 9.17) is 0 Å². The van der Waals surface area contributed by atoms with Crippen molar-refractivity contribution in [3.05, 3.63) is 192 Å². The summed E-state index contributed by atoms with van der Waals surface area (Å²) in [5.74, 6) is -2.67. The minimum Gasteiger partial charge on any atom is -0.286 e. The number of hydrogen-bond acceptors (Lipinski definition) is 4. The van der Waals surface area contributed by atoms with Gasteiger partial charge >= 0.3 is 0 Å². The molecular formula is C51H46N2O4. The van der Waals surface area contributed by atoms with Gasteiger partial charge in [-0.25, -0.2) is 10.1 Å². The van der Waals surface area contributed by atoms with Gasteiger partial charge in [-0.2, -0.15) is 0 Å². The van der Waals surface area contributed by atoms with Crippen molar-refractivity contribution < 1.29 is 20.0 Å². The van der Waals surface area contributed by atoms with Gasteiger partial charge in [0.1, 0.15) is 0 Å². The normalized spacial score (nSPS) is 15.6. The highest BCUT2D eigenvalue weighted by Gasteiger charge is 2.42. The van der Waals surface area contributed by atoms with E-state index >= 15 is 0 Å². The van der Waals surface area contributed by atoms with E-state index in [0.29, 0.717) is 12.8 Å². The van der Waals surface area contributed by atoms with E-state index in [1.807, 2.05) is 170 Å². The minimum absolute atomic E-state index is 0. The number of nitrogens with zero attached hydrogens (tertiary/aromatic N) is 2. The van der Waals surface area contributed by atoms with Crippen LogP contribution in [0.1, 0.15) is 67.2 Å². The van der Waals surface area contributed by atoms with Crippen LogP contribution in [0.15, 0.2) is 170 Å². The van der Waals surface area contributed by atoms with Gasteiger partial charge in [-0.15, -0.1) is 0 Å². The third-order valence-corrected chi connectivity index (χ3v) is 11.7. The zero-order valence-electron chi connectivity index (χ0n) is 30.9. The average Bonchev–Trinajstić information content (AvgIpc) is 3.25. The van der Waals surface area contributed by atoms with Gasteiger partial charge in [0.2, 0.25) is 0 Å². The van der Waals surface area contributed by atoms with Gasteiger partial charge in [-0.1, -0.05) is 190 Å². The maximum Gasteiger partial charge on any atom is 0.258 e. The molecule has 0 aliphatic heterocycles. The lowest BCUT2D eigenvalue weighted by Crippen LogP contribution is -2.56. The lowest BCUT2D eigenvalue weighted by Gasteiger charge is -2.41. The van der Waals surface area contributed by atoms with E-state index in [1.165, 1.54) is 0 Å². The van der Waals surface area contributed by atoms with Crippen LogP contribution in [0.25, 0.3) is 43.1 Å². The van der Waals surface area contributed by atoms with Crippen molar-refractivity contribution in [1.29, 1.82) is 0 Å². The summed E-state index contributed by atoms with van der Waals surface area (Å²) >= 11 is 0. The summed E-state index contributed by atoms with van der Waals surface area (Å²) in [6.45, 7) is 0. The van der Waals surface area contributed by atoms with Crippen LogP contribution in [0, 0.1) is 0 Å². The van der Waals surface area contributed by atoms with Crippen LogP contribution >= 0.6 is 0 Å². The predicted octanol–water partition coefficient (Wildman–Crippen LogP) is 11.6. The third kappa shape index (κ3) is 7.26. The molecule has 1 aliphatic carbocycles. The zero-order chi connectivity index (χ0) is 38.2. The van der Waals surface area contributed by atoms with Crippen LogP contribution in [0.2, 0.25) is 0 Å². The fraction of sp³-hybridized carbons (Fsp3) is 0.176. The minimum atomic E-state index is -0.831. The molecule has 6 nitrogen and oxygen atoms in total. The molecule has 6 heteroatoms. The average molecular weight is 751 g/mol. The second-order valence-corrected chi connectivity index (χ2v) is 15.1. The number of benzene rings is 8. The molecule has 0 aromatic heterocycles. The molecule has 1 saturated carbocycles. The highest BCUT2D eigenvalue weighted by Crippen LogP contribution is 2.37. The van der Waals surface area contributed by atoms with Crippen molar-refractivity contribution in [1.82, 2.24) is 10.1 Å². The second kappa shape index (κ2) is 16.0. The largest absolute Gasteiger partial charge is 0.286 e. The molecule has 284 valence electrons. The van der Waals surface area contributed by atoms with Gasteiger partial charge < -0.3 is 0 Å². The Balaban J connectivity index is 0.00000455. The van der Waals surface area contributed by atoms with Gasteiger partial charge in [0.15, 0.2) is 0 Å². The SMILES string of the molecule is C.O=C(C(c1ccc2ccccc2c1)c1ccc2ccccc2c1)N(O)C1CCCC[C@H]1N(O)C(=O)C(c1ccc2ccccc2c1)c1ccc2ccccc2c1. The number of carbonyl (C=O) groups excluding carboxylic acids is 2. The highest BCUT2D eigenvalue weighted by molar-refractivity contribution is 5.94. The van der Waals surface area contributed by atoms with Crippen LogP contribution < -0.4 is 0 Å². The van der Waals surface area contributed by atoms with Crippen molar-refractivity contribution in [2.45, 2.75) is 57.0 Å². The summed E-state index contributed by atoms with van der Waals surface area (Å²) in [5.41, 5.74) is 3.00. The van der Waals surface area contributed by atoms with E-state index in [-0.39, 0.29) is 7.43 Å². The van der Waals surface area contributed by atoms with E-state index < -0.39 is 35.7 Å². The first-order valence-corrected chi connectivity index (χ1v) is 19.4. The molecule has 8 aromatic rings. The first kappa shape index (κ1) is 37.6. The van der Waals surface area contributed by atoms with Crippen LogP contribution in [-0.2, 0) is 9.59 Å². The van der Waals surface area contributed by atoms with E-state index in [9.17, 15) is 20.0 Å². The van der Waals surface area contributed by atoms with Gasteiger partial charge in [-0.05, 0) is 78.2 Å². The summed E-state index contributed by atoms with van der Waals surface area (Å²) in [6.07, 6.45) is 2.33. The summed E-state index contributed by atoms with van der Waals surface area (Å²) in [4.78, 5) is 29.7. The Labute approximate surface area is 333 Å². The molecule has 0 heterocycles. The Bertz CT molecular complexity index is 2400. The molecule has 8 aromatic carbocycles. The van der Waals surface area contributed by atoms with Crippen molar-refractivity contribution in [3.63, 3.8) is 0 Å². The fourth-order valence-electron chi connectivity index (χ4n) is 8.76. The molecule has 1 aliphatic rings. The highest BCUT2D eigenvalue weighted by atomic mass is 16.5. The number of rotatable bonds is 8. The topological polar surface area (TPSA) is 81.1 Å². The quantitative estimate of drug-likeness (QED) is 0.120. The number of fused-ring (bicyclic) bond motifs is 4. The van der Waals surface area contributed by atoms with Crippen LogP contribution in [0.5, 0.6) is 0 Å². The first-order valence-electron chi connectivity index (χ1n) is 19.4. The third-order valence-electron chi connectivity index (χ3n) is 11.7. The second-order valence-electron chi connectivity index (χ2n) is 15.1. The summed E-state index contributed by atoms with van der Waals surface area (Å²) < 4.78 is 0. The monoisotopic (exact) mass is 750 g/mol. The van der Waals surface area contributed by atoms with Gasteiger partial charge in [-0.3, -0.25) is 20.0 Å². The molecule has 1 fully saturated rings. The van der Waals surface area contributed by atoms with Crippen LogP contribution in [0.4, 0.5) is 0 Å². The number of amides is 2. The number of hydroxylamine groups is 4. The number of carbonyl (C=O) groups is 2. The van der Waals surface area contributed by atoms with Crippen LogP contribution in [0.3, 0.4) is 0 Å². The fourth-order valence-corrected chi connectivity index (χ4v) is 8.76. The van der Waals surface area contributed by atoms with E-state index in [1.54, 1.807) is 0 Å². The Kier molecular flexibility index (Phi) is 10.6. The van der Waals surface area contributed by atoms with Gasteiger partial charge in [0.05, 0.1) is 23.9 Å². The van der Waals surface area contributed by atoms with Crippen molar-refractivity contribution in [2.24, 2.45) is 0 Å². The van der Waals surface area contributed by atoms with Gasteiger partial charge in [0, 0.05) is 0 Å². The summed E-state index contributed by atoms with van der Waals surface area (Å²) in [5, 5.41) is 34.0. The molecule has 0 radical (unpaired) electrons. The summed E-state index contributed by atoms with van der Waals surface area (Å²) in [7, 11) is 0. The van der Waals surface area contributed by atoms with Crippen LogP contribution in [-0.4, -0.2) is 44.4 Å². The molecule has 2 N–H and O–H groups in total. The Hall–Kier alpha value is -6.34. The number of hydrogen-bond donors (Lipinski definition) is 2. The van der Waals surface area contributed by atoms with Crippen molar-refractivity contribution in [2.75, 3.05) is 0 Å². The van der Waals surface area contributed by atoms with Crippen molar-refractivity contribution in [3.8, 4) is 0 Å². The molecule has 2 atom stereocenters. The standard InChI is InChI=1S/C50H42N2O4.CH4/c53-49(47(41-25-21-33-11-1-5-15-37(33)29-41)42-26-22-34-12-2-6-16-38(34)30-42)51(55)45-19-9-10-20-46(45)52(56)50(54)48(43-27-23-35-13-3-7-17-39(35)31-43)44-28-24-36-14-4-8-18-40(36)32-44;/h1-8,11-18,21-32,45-48,55-56H,9-10,19-20H2;1H4/t45-,46?;/m1./s1. The van der Waals surface area contributed by atoms with Gasteiger partial charge in [0.25, 0.3) is 11.8 Å². The zero-order valence-corrected chi connectivity index (χ0v) is 30.9. The predicted molar refractivity (Wildman–Crippen MR) is 230 cm³/mol. The molecule has 0 spiro atoms. The van der Waals surface area contributed by atoms with E-state index in [0.717, 1.165) is 88.3 Å². The lowest BCUT2D eigenvalue weighted by molar-refractivity contribution is -0.213. The lowest BCUT2D eigenvalue weighted by atomic mass is 9.84.